The zero-order chi connectivity index (χ0) is 18.9. The Bertz CT molecular complexity index is 724. The molecule has 0 aliphatic heterocycles. The van der Waals surface area contributed by atoms with Gasteiger partial charge in [-0.05, 0) is 37.1 Å². The van der Waals surface area contributed by atoms with Gasteiger partial charge in [0.05, 0.1) is 13.0 Å². The number of amides is 2. The van der Waals surface area contributed by atoms with Crippen LogP contribution in [0, 0.1) is 13.8 Å². The largest absolute Gasteiger partial charge is 0.493 e. The van der Waals surface area contributed by atoms with E-state index in [0.29, 0.717) is 19.7 Å². The topological polar surface area (TPSA) is 58.6 Å². The summed E-state index contributed by atoms with van der Waals surface area (Å²) in [6.07, 6.45) is 0.276. The van der Waals surface area contributed by atoms with E-state index in [9.17, 15) is 9.59 Å². The third kappa shape index (κ3) is 5.62. The number of ether oxygens (including phenoxy) is 1. The molecule has 0 saturated heterocycles. The zero-order valence-corrected chi connectivity index (χ0v) is 15.6. The van der Waals surface area contributed by atoms with Crippen molar-refractivity contribution in [2.45, 2.75) is 27.2 Å². The average Bonchev–Trinajstić information content (AvgIpc) is 2.61. The molecule has 0 bridgehead atoms. The molecule has 0 fully saturated rings. The van der Waals surface area contributed by atoms with Crippen LogP contribution in [0.15, 0.2) is 48.5 Å². The fraction of sp³-hybridized carbons (Fsp3) is 0.333. The Morgan fingerprint density at radius 2 is 1.65 bits per heavy atom. The van der Waals surface area contributed by atoms with Gasteiger partial charge in [-0.3, -0.25) is 9.59 Å². The molecule has 0 aliphatic rings. The first-order valence-corrected chi connectivity index (χ1v) is 8.78. The molecule has 2 aromatic rings. The smallest absolute Gasteiger partial charge is 0.223 e. The molecule has 2 rings (SSSR count). The quantitative estimate of drug-likeness (QED) is 0.792. The Morgan fingerprint density at radius 3 is 2.27 bits per heavy atom. The molecule has 0 saturated carbocycles. The van der Waals surface area contributed by atoms with Gasteiger partial charge < -0.3 is 15.0 Å². The van der Waals surface area contributed by atoms with Crippen LogP contribution in [0.1, 0.15) is 24.5 Å². The molecule has 1 N–H and O–H groups in total. The summed E-state index contributed by atoms with van der Waals surface area (Å²) in [5.74, 6) is 0.619. The molecular weight excluding hydrogens is 328 g/mol. The second-order valence-electron chi connectivity index (χ2n) is 6.17. The Hall–Kier alpha value is -2.82. The molecule has 5 heteroatoms. The first kappa shape index (κ1) is 19.5. The molecule has 0 aromatic heterocycles. The first-order chi connectivity index (χ1) is 12.5. The van der Waals surface area contributed by atoms with Gasteiger partial charge in [-0.15, -0.1) is 0 Å². The Labute approximate surface area is 155 Å². The molecular formula is C21H26N2O3. The number of nitrogens with zero attached hydrogens (tertiary/aromatic N) is 1. The van der Waals surface area contributed by atoms with Gasteiger partial charge in [-0.25, -0.2) is 0 Å². The molecule has 0 radical (unpaired) electrons. The summed E-state index contributed by atoms with van der Waals surface area (Å²) in [7, 11) is 0. The van der Waals surface area contributed by atoms with E-state index in [-0.39, 0.29) is 18.2 Å². The molecule has 0 unspecified atom stereocenters. The SMILES string of the molecule is CC(=O)N(CCNC(=O)CCOc1ccccc1)c1c(C)cccc1C. The molecule has 0 spiro atoms. The maximum atomic E-state index is 12.0. The molecule has 2 amide bonds. The molecule has 0 aliphatic carbocycles. The van der Waals surface area contributed by atoms with Crippen LogP contribution in [0.3, 0.4) is 0 Å². The lowest BCUT2D eigenvalue weighted by molar-refractivity contribution is -0.122. The van der Waals surface area contributed by atoms with E-state index in [2.05, 4.69) is 5.32 Å². The minimum absolute atomic E-state index is 0.0379. The fourth-order valence-electron chi connectivity index (χ4n) is 2.83. The minimum atomic E-state index is -0.0917. The van der Waals surface area contributed by atoms with E-state index in [1.807, 2.05) is 62.4 Å². The molecule has 138 valence electrons. The zero-order valence-electron chi connectivity index (χ0n) is 15.6. The summed E-state index contributed by atoms with van der Waals surface area (Å²) < 4.78 is 5.52. The van der Waals surface area contributed by atoms with Gasteiger partial charge in [-0.2, -0.15) is 0 Å². The number of carbonyl (C=O) groups is 2. The summed E-state index contributed by atoms with van der Waals surface area (Å²) in [6.45, 7) is 6.67. The van der Waals surface area contributed by atoms with Gasteiger partial charge in [0.2, 0.25) is 11.8 Å². The highest BCUT2D eigenvalue weighted by Gasteiger charge is 2.16. The second kappa shape index (κ2) is 9.61. The number of rotatable bonds is 8. The van der Waals surface area contributed by atoms with Crippen LogP contribution in [0.5, 0.6) is 5.75 Å². The van der Waals surface area contributed by atoms with Crippen LogP contribution in [0.4, 0.5) is 5.69 Å². The lowest BCUT2D eigenvalue weighted by Gasteiger charge is -2.25. The van der Waals surface area contributed by atoms with E-state index in [0.717, 1.165) is 22.6 Å². The summed E-state index contributed by atoms with van der Waals surface area (Å²) in [6, 6.07) is 15.3. The van der Waals surface area contributed by atoms with E-state index >= 15 is 0 Å². The lowest BCUT2D eigenvalue weighted by Crippen LogP contribution is -2.38. The number of para-hydroxylation sites is 2. The standard InChI is InChI=1S/C21H26N2O3/c1-16-8-7-9-17(2)21(16)23(18(3)24)14-13-22-20(25)12-15-26-19-10-5-4-6-11-19/h4-11H,12-15H2,1-3H3,(H,22,25). The lowest BCUT2D eigenvalue weighted by atomic mass is 10.1. The van der Waals surface area contributed by atoms with Crippen molar-refractivity contribution >= 4 is 17.5 Å². The highest BCUT2D eigenvalue weighted by molar-refractivity contribution is 5.93. The molecule has 2 aromatic carbocycles. The van der Waals surface area contributed by atoms with Crippen LogP contribution in [0.25, 0.3) is 0 Å². The van der Waals surface area contributed by atoms with Crippen molar-refractivity contribution in [3.63, 3.8) is 0 Å². The van der Waals surface area contributed by atoms with E-state index in [4.69, 9.17) is 4.74 Å². The average molecular weight is 354 g/mol. The minimum Gasteiger partial charge on any atom is -0.493 e. The molecule has 5 nitrogen and oxygen atoms in total. The monoisotopic (exact) mass is 354 g/mol. The van der Waals surface area contributed by atoms with E-state index < -0.39 is 0 Å². The molecule has 0 atom stereocenters. The normalized spacial score (nSPS) is 10.3. The summed E-state index contributed by atoms with van der Waals surface area (Å²) in [5, 5.41) is 2.85. The van der Waals surface area contributed by atoms with Gasteiger partial charge in [0, 0.05) is 25.7 Å². The number of benzene rings is 2. The molecule has 0 heterocycles. The van der Waals surface area contributed by atoms with Crippen LogP contribution in [-0.2, 0) is 9.59 Å². The molecule has 26 heavy (non-hydrogen) atoms. The fourth-order valence-corrected chi connectivity index (χ4v) is 2.83. The van der Waals surface area contributed by atoms with Crippen molar-refractivity contribution in [1.82, 2.24) is 5.32 Å². The van der Waals surface area contributed by atoms with Crippen molar-refractivity contribution in [2.75, 3.05) is 24.6 Å². The summed E-state index contributed by atoms with van der Waals surface area (Å²) in [5.41, 5.74) is 3.01. The maximum absolute atomic E-state index is 12.0. The number of anilines is 1. The highest BCUT2D eigenvalue weighted by Crippen LogP contribution is 2.24. The van der Waals surface area contributed by atoms with Gasteiger partial charge >= 0.3 is 0 Å². The second-order valence-corrected chi connectivity index (χ2v) is 6.17. The van der Waals surface area contributed by atoms with Crippen LogP contribution in [-0.4, -0.2) is 31.5 Å². The van der Waals surface area contributed by atoms with Crippen LogP contribution in [0.2, 0.25) is 0 Å². The number of nitrogens with one attached hydrogen (secondary N) is 1. The predicted molar refractivity (Wildman–Crippen MR) is 104 cm³/mol. The Balaban J connectivity index is 1.80. The summed E-state index contributed by atoms with van der Waals surface area (Å²) in [4.78, 5) is 25.7. The van der Waals surface area contributed by atoms with E-state index in [1.165, 1.54) is 0 Å². The van der Waals surface area contributed by atoms with Gasteiger partial charge in [-0.1, -0.05) is 36.4 Å². The van der Waals surface area contributed by atoms with Gasteiger partial charge in [0.25, 0.3) is 0 Å². The van der Waals surface area contributed by atoms with Gasteiger partial charge in [0.1, 0.15) is 5.75 Å². The van der Waals surface area contributed by atoms with Gasteiger partial charge in [0.15, 0.2) is 0 Å². The van der Waals surface area contributed by atoms with Crippen molar-refractivity contribution in [2.24, 2.45) is 0 Å². The van der Waals surface area contributed by atoms with E-state index in [1.54, 1.807) is 11.8 Å². The Kier molecular flexibility index (Phi) is 7.21. The van der Waals surface area contributed by atoms with Crippen molar-refractivity contribution < 1.29 is 14.3 Å². The number of carbonyl (C=O) groups excluding carboxylic acids is 2. The van der Waals surface area contributed by atoms with Crippen LogP contribution < -0.4 is 15.0 Å². The predicted octanol–water partition coefficient (Wildman–Crippen LogP) is 3.24. The maximum Gasteiger partial charge on any atom is 0.223 e. The number of aryl methyl sites for hydroxylation is 2. The number of hydrogen-bond acceptors (Lipinski definition) is 3. The van der Waals surface area contributed by atoms with Crippen molar-refractivity contribution in [1.29, 1.82) is 0 Å². The third-order valence-electron chi connectivity index (χ3n) is 4.09. The third-order valence-corrected chi connectivity index (χ3v) is 4.09. The Morgan fingerprint density at radius 1 is 1.00 bits per heavy atom. The number of hydrogen-bond donors (Lipinski definition) is 1. The van der Waals surface area contributed by atoms with Crippen LogP contribution >= 0.6 is 0 Å². The summed E-state index contributed by atoms with van der Waals surface area (Å²) >= 11 is 0. The highest BCUT2D eigenvalue weighted by atomic mass is 16.5. The van der Waals surface area contributed by atoms with Crippen molar-refractivity contribution in [3.8, 4) is 5.75 Å². The first-order valence-electron chi connectivity index (χ1n) is 8.78. The van der Waals surface area contributed by atoms with Crippen molar-refractivity contribution in [3.05, 3.63) is 59.7 Å².